The van der Waals surface area contributed by atoms with Gasteiger partial charge in [-0.1, -0.05) is 12.8 Å². The van der Waals surface area contributed by atoms with E-state index in [9.17, 15) is 18.0 Å². The molecule has 0 radical (unpaired) electrons. The van der Waals surface area contributed by atoms with Gasteiger partial charge in [0, 0.05) is 18.2 Å². The molecule has 1 aliphatic heterocycles. The van der Waals surface area contributed by atoms with Crippen molar-refractivity contribution in [2.75, 3.05) is 19.6 Å². The Hall–Kier alpha value is -1.56. The van der Waals surface area contributed by atoms with E-state index in [2.05, 4.69) is 10.2 Å². The van der Waals surface area contributed by atoms with Gasteiger partial charge in [-0.25, -0.2) is 0 Å². The quantitative estimate of drug-likeness (QED) is 0.883. The number of amides is 1. The van der Waals surface area contributed by atoms with Crippen LogP contribution in [0, 0.1) is 5.92 Å². The normalized spacial score (nSPS) is 20.8. The molecule has 1 heterocycles. The topological polar surface area (TPSA) is 32.3 Å². The highest BCUT2D eigenvalue weighted by atomic mass is 19.4. The lowest BCUT2D eigenvalue weighted by atomic mass is 9.95. The van der Waals surface area contributed by atoms with E-state index in [1.165, 1.54) is 37.8 Å². The lowest BCUT2D eigenvalue weighted by Gasteiger charge is -2.36. The number of alkyl halides is 3. The second-order valence-corrected chi connectivity index (χ2v) is 7.20. The summed E-state index contributed by atoms with van der Waals surface area (Å²) in [7, 11) is 0. The van der Waals surface area contributed by atoms with E-state index >= 15 is 0 Å². The monoisotopic (exact) mass is 354 g/mol. The van der Waals surface area contributed by atoms with Gasteiger partial charge in [0.05, 0.1) is 5.56 Å². The highest BCUT2D eigenvalue weighted by Crippen LogP contribution is 2.29. The molecule has 2 fully saturated rings. The Bertz CT molecular complexity index is 571. The smallest absolute Gasteiger partial charge is 0.352 e. The zero-order valence-corrected chi connectivity index (χ0v) is 14.3. The Morgan fingerprint density at radius 1 is 1.04 bits per heavy atom. The predicted molar refractivity (Wildman–Crippen MR) is 90.3 cm³/mol. The van der Waals surface area contributed by atoms with Gasteiger partial charge in [0.2, 0.25) is 0 Å². The largest absolute Gasteiger partial charge is 0.416 e. The molecule has 6 heteroatoms. The van der Waals surface area contributed by atoms with Crippen LogP contribution in [0.25, 0.3) is 0 Å². The van der Waals surface area contributed by atoms with Crippen LogP contribution in [0.15, 0.2) is 24.3 Å². The second-order valence-electron chi connectivity index (χ2n) is 7.20. The molecule has 138 valence electrons. The van der Waals surface area contributed by atoms with Crippen LogP contribution in [0.5, 0.6) is 0 Å². The molecule has 0 spiro atoms. The molecule has 1 saturated carbocycles. The minimum absolute atomic E-state index is 0.274. The van der Waals surface area contributed by atoms with Crippen LogP contribution in [-0.4, -0.2) is 36.5 Å². The average Bonchev–Trinajstić information content (AvgIpc) is 3.14. The lowest BCUT2D eigenvalue weighted by Crippen LogP contribution is -2.42. The van der Waals surface area contributed by atoms with Gasteiger partial charge >= 0.3 is 6.18 Å². The highest BCUT2D eigenvalue weighted by molar-refractivity contribution is 5.94. The molecule has 2 aliphatic rings. The number of piperidine rings is 1. The summed E-state index contributed by atoms with van der Waals surface area (Å²) in [4.78, 5) is 14.7. The van der Waals surface area contributed by atoms with Crippen molar-refractivity contribution in [3.05, 3.63) is 35.4 Å². The fourth-order valence-corrected chi connectivity index (χ4v) is 3.94. The van der Waals surface area contributed by atoms with Gasteiger partial charge in [-0.3, -0.25) is 4.79 Å². The summed E-state index contributed by atoms with van der Waals surface area (Å²) in [5, 5.41) is 2.87. The molecule has 1 saturated heterocycles. The van der Waals surface area contributed by atoms with Crippen LogP contribution in [0.1, 0.15) is 54.4 Å². The number of carbonyl (C=O) groups is 1. The van der Waals surface area contributed by atoms with Gasteiger partial charge in [-0.2, -0.15) is 13.2 Å². The highest BCUT2D eigenvalue weighted by Gasteiger charge is 2.30. The van der Waals surface area contributed by atoms with Crippen molar-refractivity contribution < 1.29 is 18.0 Å². The molecule has 3 nitrogen and oxygen atoms in total. The van der Waals surface area contributed by atoms with E-state index in [1.807, 2.05) is 0 Å². The lowest BCUT2D eigenvalue weighted by molar-refractivity contribution is -0.137. The van der Waals surface area contributed by atoms with E-state index in [0.717, 1.165) is 44.1 Å². The fraction of sp³-hybridized carbons (Fsp3) is 0.632. The fourth-order valence-electron chi connectivity index (χ4n) is 3.94. The summed E-state index contributed by atoms with van der Waals surface area (Å²) < 4.78 is 37.7. The van der Waals surface area contributed by atoms with Crippen molar-refractivity contribution in [3.63, 3.8) is 0 Å². The first-order valence-corrected chi connectivity index (χ1v) is 9.13. The predicted octanol–water partition coefficient (Wildman–Crippen LogP) is 4.09. The molecule has 25 heavy (non-hydrogen) atoms. The zero-order valence-electron chi connectivity index (χ0n) is 14.3. The molecule has 1 aromatic rings. The first kappa shape index (κ1) is 18.2. The molecule has 1 amide bonds. The number of likely N-dealkylation sites (tertiary alicyclic amines) is 1. The number of carbonyl (C=O) groups excluding carboxylic acids is 1. The van der Waals surface area contributed by atoms with Crippen molar-refractivity contribution in [2.24, 2.45) is 5.92 Å². The van der Waals surface area contributed by atoms with E-state index in [1.54, 1.807) is 0 Å². The third-order valence-electron chi connectivity index (χ3n) is 5.52. The number of nitrogens with one attached hydrogen (secondary N) is 1. The van der Waals surface area contributed by atoms with E-state index in [0.29, 0.717) is 12.5 Å². The summed E-state index contributed by atoms with van der Waals surface area (Å²) in [6.07, 6.45) is 3.09. The molecule has 0 bridgehead atoms. The van der Waals surface area contributed by atoms with Crippen LogP contribution in [0.2, 0.25) is 0 Å². The third-order valence-corrected chi connectivity index (χ3v) is 5.52. The summed E-state index contributed by atoms with van der Waals surface area (Å²) in [5.74, 6) is 0.156. The molecule has 1 aromatic carbocycles. The summed E-state index contributed by atoms with van der Waals surface area (Å²) in [6.45, 7) is 2.77. The van der Waals surface area contributed by atoms with E-state index < -0.39 is 11.7 Å². The second kappa shape index (κ2) is 7.77. The van der Waals surface area contributed by atoms with Gasteiger partial charge < -0.3 is 10.2 Å². The Morgan fingerprint density at radius 2 is 1.64 bits per heavy atom. The maximum atomic E-state index is 12.6. The Kier molecular flexibility index (Phi) is 5.67. The summed E-state index contributed by atoms with van der Waals surface area (Å²) in [5.41, 5.74) is -0.459. The molecular formula is C19H25F3N2O. The Labute approximate surface area is 146 Å². The van der Waals surface area contributed by atoms with Gasteiger partial charge in [0.1, 0.15) is 0 Å². The maximum absolute atomic E-state index is 12.6. The van der Waals surface area contributed by atoms with Crippen LogP contribution in [-0.2, 0) is 6.18 Å². The summed E-state index contributed by atoms with van der Waals surface area (Å²) >= 11 is 0. The van der Waals surface area contributed by atoms with Crippen molar-refractivity contribution in [3.8, 4) is 0 Å². The Balaban J connectivity index is 1.43. The molecular weight excluding hydrogens is 329 g/mol. The van der Waals surface area contributed by atoms with E-state index in [-0.39, 0.29) is 11.5 Å². The number of nitrogens with zero attached hydrogens (tertiary/aromatic N) is 1. The number of benzene rings is 1. The van der Waals surface area contributed by atoms with Gasteiger partial charge in [0.15, 0.2) is 0 Å². The number of halogens is 3. The van der Waals surface area contributed by atoms with Crippen molar-refractivity contribution in [1.82, 2.24) is 10.2 Å². The molecule has 0 aromatic heterocycles. The minimum atomic E-state index is -4.37. The number of rotatable bonds is 4. The van der Waals surface area contributed by atoms with Gasteiger partial charge in [0.25, 0.3) is 5.91 Å². The average molecular weight is 354 g/mol. The molecule has 0 unspecified atom stereocenters. The summed E-state index contributed by atoms with van der Waals surface area (Å²) in [6, 6.07) is 5.13. The van der Waals surface area contributed by atoms with Crippen LogP contribution < -0.4 is 5.32 Å². The number of hydrogen-bond acceptors (Lipinski definition) is 2. The van der Waals surface area contributed by atoms with Crippen molar-refractivity contribution >= 4 is 5.91 Å². The van der Waals surface area contributed by atoms with Gasteiger partial charge in [-0.15, -0.1) is 0 Å². The Morgan fingerprint density at radius 3 is 2.20 bits per heavy atom. The maximum Gasteiger partial charge on any atom is 0.416 e. The van der Waals surface area contributed by atoms with E-state index in [4.69, 9.17) is 0 Å². The standard InChI is InChI=1S/C19H25F3N2O/c20-19(21,22)16-7-5-15(6-8-16)18(25)23-13-14-9-11-24(12-10-14)17-3-1-2-4-17/h5-8,14,17H,1-4,9-13H2,(H,23,25). The number of hydrogen-bond donors (Lipinski definition) is 1. The molecule has 0 atom stereocenters. The molecule has 1 aliphatic carbocycles. The molecule has 3 rings (SSSR count). The van der Waals surface area contributed by atoms with Gasteiger partial charge in [-0.05, 0) is 69.0 Å². The SMILES string of the molecule is O=C(NCC1CCN(C2CCCC2)CC1)c1ccc(C(F)(F)F)cc1. The first-order chi connectivity index (χ1) is 11.9. The van der Waals surface area contributed by atoms with Crippen LogP contribution in [0.4, 0.5) is 13.2 Å². The van der Waals surface area contributed by atoms with Crippen molar-refractivity contribution in [2.45, 2.75) is 50.7 Å². The first-order valence-electron chi connectivity index (χ1n) is 9.13. The zero-order chi connectivity index (χ0) is 17.9. The van der Waals surface area contributed by atoms with Crippen LogP contribution in [0.3, 0.4) is 0 Å². The van der Waals surface area contributed by atoms with Crippen LogP contribution >= 0.6 is 0 Å². The minimum Gasteiger partial charge on any atom is -0.352 e. The molecule has 1 N–H and O–H groups in total. The third kappa shape index (κ3) is 4.75. The van der Waals surface area contributed by atoms with Crippen molar-refractivity contribution in [1.29, 1.82) is 0 Å².